The van der Waals surface area contributed by atoms with Gasteiger partial charge in [0.2, 0.25) is 5.88 Å². The van der Waals surface area contributed by atoms with Crippen molar-refractivity contribution >= 4 is 0 Å². The van der Waals surface area contributed by atoms with Crippen molar-refractivity contribution in [2.75, 3.05) is 7.11 Å². The molecule has 3 nitrogen and oxygen atoms in total. The van der Waals surface area contributed by atoms with E-state index >= 15 is 0 Å². The highest BCUT2D eigenvalue weighted by Gasteiger charge is 2.05. The number of alkyl halides is 2. The van der Waals surface area contributed by atoms with Crippen LogP contribution in [0.5, 0.6) is 5.88 Å². The van der Waals surface area contributed by atoms with E-state index in [4.69, 9.17) is 4.74 Å². The molecule has 2 aromatic rings. The van der Waals surface area contributed by atoms with Gasteiger partial charge in [-0.3, -0.25) is 0 Å². The molecule has 2 rings (SSSR count). The van der Waals surface area contributed by atoms with E-state index in [1.165, 1.54) is 12.1 Å². The number of nitrogens with zero attached hydrogens (tertiary/aromatic N) is 1. The molecule has 1 aromatic heterocycles. The molecule has 0 aliphatic carbocycles. The third kappa shape index (κ3) is 3.99. The molecule has 0 radical (unpaired) electrons. The zero-order chi connectivity index (χ0) is 14.4. The summed E-state index contributed by atoms with van der Waals surface area (Å²) >= 11 is 0. The quantitative estimate of drug-likeness (QED) is 0.880. The Hall–Kier alpha value is -2.01. The Morgan fingerprint density at radius 1 is 1.05 bits per heavy atom. The maximum absolute atomic E-state index is 12.4. The van der Waals surface area contributed by atoms with Crippen LogP contribution in [0.15, 0.2) is 42.6 Å². The average Bonchev–Trinajstić information content (AvgIpc) is 2.48. The molecule has 0 atom stereocenters. The minimum Gasteiger partial charge on any atom is -0.481 e. The summed E-state index contributed by atoms with van der Waals surface area (Å²) in [5.74, 6) is 0.580. The summed E-state index contributed by atoms with van der Waals surface area (Å²) < 4.78 is 29.8. The molecule has 0 unspecified atom stereocenters. The molecule has 0 bridgehead atoms. The lowest BCUT2D eigenvalue weighted by Gasteiger charge is -2.06. The number of aromatic nitrogens is 1. The molecular formula is C15H16F2N2O. The first kappa shape index (κ1) is 14.4. The minimum absolute atomic E-state index is 0.0492. The Bertz CT molecular complexity index is 527. The molecular weight excluding hydrogens is 262 g/mol. The van der Waals surface area contributed by atoms with Crippen molar-refractivity contribution in [2.45, 2.75) is 19.5 Å². The van der Waals surface area contributed by atoms with E-state index in [9.17, 15) is 8.78 Å². The van der Waals surface area contributed by atoms with Gasteiger partial charge in [-0.2, -0.15) is 0 Å². The van der Waals surface area contributed by atoms with Crippen molar-refractivity contribution in [2.24, 2.45) is 0 Å². The molecule has 0 aliphatic rings. The SMILES string of the molecule is COc1ccc(CNCc2ccc(C(F)F)cc2)cn1. The molecule has 106 valence electrons. The van der Waals surface area contributed by atoms with Crippen LogP contribution in [0.1, 0.15) is 23.1 Å². The van der Waals surface area contributed by atoms with Gasteiger partial charge in [0.15, 0.2) is 0 Å². The molecule has 0 fully saturated rings. The molecule has 20 heavy (non-hydrogen) atoms. The summed E-state index contributed by atoms with van der Waals surface area (Å²) in [5, 5.41) is 3.24. The number of pyridine rings is 1. The second-order valence-corrected chi connectivity index (χ2v) is 4.35. The molecule has 0 amide bonds. The van der Waals surface area contributed by atoms with Gasteiger partial charge < -0.3 is 10.1 Å². The third-order valence-corrected chi connectivity index (χ3v) is 2.90. The normalized spacial score (nSPS) is 10.8. The van der Waals surface area contributed by atoms with Gasteiger partial charge in [-0.1, -0.05) is 30.3 Å². The summed E-state index contributed by atoms with van der Waals surface area (Å²) in [7, 11) is 1.57. The number of ether oxygens (including phenoxy) is 1. The highest BCUT2D eigenvalue weighted by Crippen LogP contribution is 2.18. The molecule has 0 saturated heterocycles. The Balaban J connectivity index is 1.82. The lowest BCUT2D eigenvalue weighted by Crippen LogP contribution is -2.12. The first-order valence-electron chi connectivity index (χ1n) is 6.25. The fourth-order valence-electron chi connectivity index (χ4n) is 1.77. The van der Waals surface area contributed by atoms with Crippen LogP contribution < -0.4 is 10.1 Å². The first-order chi connectivity index (χ1) is 9.69. The molecule has 1 N–H and O–H groups in total. The number of nitrogens with one attached hydrogen (secondary N) is 1. The second kappa shape index (κ2) is 6.96. The largest absolute Gasteiger partial charge is 0.481 e. The van der Waals surface area contributed by atoms with Crippen molar-refractivity contribution in [1.29, 1.82) is 0 Å². The summed E-state index contributed by atoms with van der Waals surface area (Å²) in [5.41, 5.74) is 2.05. The Morgan fingerprint density at radius 2 is 1.70 bits per heavy atom. The molecule has 5 heteroatoms. The minimum atomic E-state index is -2.41. The fourth-order valence-corrected chi connectivity index (χ4v) is 1.77. The lowest BCUT2D eigenvalue weighted by atomic mass is 10.1. The molecule has 1 aromatic carbocycles. The fraction of sp³-hybridized carbons (Fsp3) is 0.267. The molecule has 1 heterocycles. The number of halogens is 2. The maximum Gasteiger partial charge on any atom is 0.263 e. The van der Waals surface area contributed by atoms with Gasteiger partial charge in [-0.15, -0.1) is 0 Å². The van der Waals surface area contributed by atoms with Crippen molar-refractivity contribution in [3.05, 3.63) is 59.3 Å². The first-order valence-corrected chi connectivity index (χ1v) is 6.25. The van der Waals surface area contributed by atoms with Crippen LogP contribution in [0.25, 0.3) is 0 Å². The van der Waals surface area contributed by atoms with E-state index in [-0.39, 0.29) is 5.56 Å². The van der Waals surface area contributed by atoms with Crippen LogP contribution in [-0.4, -0.2) is 12.1 Å². The van der Waals surface area contributed by atoms with Crippen LogP contribution in [-0.2, 0) is 13.1 Å². The Labute approximate surface area is 116 Å². The topological polar surface area (TPSA) is 34.1 Å². The average molecular weight is 278 g/mol. The van der Waals surface area contributed by atoms with Crippen LogP contribution in [0.2, 0.25) is 0 Å². The Morgan fingerprint density at radius 3 is 2.25 bits per heavy atom. The van der Waals surface area contributed by atoms with Gasteiger partial charge in [0.25, 0.3) is 6.43 Å². The number of benzene rings is 1. The van der Waals surface area contributed by atoms with Crippen LogP contribution >= 0.6 is 0 Å². The summed E-state index contributed by atoms with van der Waals surface area (Å²) in [4.78, 5) is 4.11. The maximum atomic E-state index is 12.4. The molecule has 0 saturated carbocycles. The number of hydrogen-bond donors (Lipinski definition) is 1. The predicted octanol–water partition coefficient (Wildman–Crippen LogP) is 3.32. The van der Waals surface area contributed by atoms with Crippen molar-refractivity contribution in [3.8, 4) is 5.88 Å². The van der Waals surface area contributed by atoms with Crippen LogP contribution in [0.3, 0.4) is 0 Å². The number of methoxy groups -OCH3 is 1. The predicted molar refractivity (Wildman–Crippen MR) is 72.7 cm³/mol. The van der Waals surface area contributed by atoms with Crippen molar-refractivity contribution < 1.29 is 13.5 Å². The lowest BCUT2D eigenvalue weighted by molar-refractivity contribution is 0.151. The smallest absolute Gasteiger partial charge is 0.263 e. The van der Waals surface area contributed by atoms with Crippen molar-refractivity contribution in [3.63, 3.8) is 0 Å². The van der Waals surface area contributed by atoms with Gasteiger partial charge in [0, 0.05) is 30.9 Å². The summed E-state index contributed by atoms with van der Waals surface area (Å²) in [6.07, 6.45) is -0.673. The zero-order valence-corrected chi connectivity index (χ0v) is 11.1. The van der Waals surface area contributed by atoms with Gasteiger partial charge in [-0.05, 0) is 11.1 Å². The summed E-state index contributed by atoms with van der Waals surface area (Å²) in [6, 6.07) is 10.1. The highest BCUT2D eigenvalue weighted by atomic mass is 19.3. The Kier molecular flexibility index (Phi) is 5.01. The van der Waals surface area contributed by atoms with Gasteiger partial charge in [-0.25, -0.2) is 13.8 Å². The monoisotopic (exact) mass is 278 g/mol. The van der Waals surface area contributed by atoms with E-state index in [1.807, 2.05) is 6.07 Å². The van der Waals surface area contributed by atoms with Crippen LogP contribution in [0, 0.1) is 0 Å². The van der Waals surface area contributed by atoms with E-state index < -0.39 is 6.43 Å². The van der Waals surface area contributed by atoms with E-state index in [0.29, 0.717) is 19.0 Å². The van der Waals surface area contributed by atoms with Gasteiger partial charge in [0.1, 0.15) is 0 Å². The van der Waals surface area contributed by atoms with Crippen molar-refractivity contribution in [1.82, 2.24) is 10.3 Å². The van der Waals surface area contributed by atoms with E-state index in [0.717, 1.165) is 11.1 Å². The molecule has 0 aliphatic heterocycles. The summed E-state index contributed by atoms with van der Waals surface area (Å²) in [6.45, 7) is 1.28. The third-order valence-electron chi connectivity index (χ3n) is 2.90. The standard InChI is InChI=1S/C15H16F2N2O/c1-20-14-7-4-12(10-19-14)9-18-8-11-2-5-13(6-3-11)15(16)17/h2-7,10,15,18H,8-9H2,1H3. The highest BCUT2D eigenvalue weighted by molar-refractivity contribution is 5.23. The second-order valence-electron chi connectivity index (χ2n) is 4.35. The van der Waals surface area contributed by atoms with Gasteiger partial charge in [0.05, 0.1) is 7.11 Å². The van der Waals surface area contributed by atoms with Gasteiger partial charge >= 0.3 is 0 Å². The molecule has 0 spiro atoms. The van der Waals surface area contributed by atoms with E-state index in [2.05, 4.69) is 10.3 Å². The van der Waals surface area contributed by atoms with Crippen LogP contribution in [0.4, 0.5) is 8.78 Å². The number of rotatable bonds is 6. The zero-order valence-electron chi connectivity index (χ0n) is 11.1. The number of hydrogen-bond acceptors (Lipinski definition) is 3. The van der Waals surface area contributed by atoms with E-state index in [1.54, 1.807) is 31.5 Å².